The summed E-state index contributed by atoms with van der Waals surface area (Å²) in [6.45, 7) is 0.873. The first-order valence-corrected chi connectivity index (χ1v) is 3.18. The highest BCUT2D eigenvalue weighted by Gasteiger charge is 1.90. The molecule has 3 nitrogen and oxygen atoms in total. The Bertz CT molecular complexity index is 134. The summed E-state index contributed by atoms with van der Waals surface area (Å²) in [5.74, 6) is 5.38. The monoisotopic (exact) mass is 142 g/mol. The van der Waals surface area contributed by atoms with Gasteiger partial charge in [-0.25, -0.2) is 0 Å². The molecule has 0 aliphatic heterocycles. The molecule has 0 heterocycles. The fraction of sp³-hybridized carbons (Fsp3) is 0.714. The van der Waals surface area contributed by atoms with Crippen molar-refractivity contribution in [1.29, 1.82) is 0 Å². The van der Waals surface area contributed by atoms with Crippen LogP contribution in [0.3, 0.4) is 0 Å². The summed E-state index contributed by atoms with van der Waals surface area (Å²) in [6.07, 6.45) is -0.667. The van der Waals surface area contributed by atoms with Crippen molar-refractivity contribution in [2.75, 3.05) is 27.2 Å². The molecule has 10 heavy (non-hydrogen) atoms. The third-order valence-corrected chi connectivity index (χ3v) is 0.887. The summed E-state index contributed by atoms with van der Waals surface area (Å²) in [7, 11) is 3.84. The minimum atomic E-state index is -0.667. The van der Waals surface area contributed by atoms with Crippen LogP contribution in [0.4, 0.5) is 0 Å². The Labute approximate surface area is 61.8 Å². The maximum atomic E-state index is 8.85. The van der Waals surface area contributed by atoms with Gasteiger partial charge in [-0.2, -0.15) is 0 Å². The zero-order valence-electron chi connectivity index (χ0n) is 6.46. The molecule has 0 saturated carbocycles. The number of nitrogens with zero attached hydrogens (tertiary/aromatic N) is 1. The molecule has 0 rings (SSSR count). The predicted octanol–water partition coefficient (Wildman–Crippen LogP) is -1.13. The topological polar surface area (TPSA) is 49.5 Å². The van der Waals surface area contributed by atoms with Gasteiger partial charge in [0.15, 0.2) is 0 Å². The van der Waals surface area contributed by atoms with Gasteiger partial charge in [-0.3, -0.25) is 4.90 Å². The molecule has 3 N–H and O–H groups in total. The average molecular weight is 142 g/mol. The van der Waals surface area contributed by atoms with E-state index in [1.807, 2.05) is 19.0 Å². The van der Waals surface area contributed by atoms with Crippen LogP contribution in [0.5, 0.6) is 0 Å². The molecule has 0 saturated heterocycles. The molecule has 58 valence electrons. The number of hydrogen-bond donors (Lipinski definition) is 2. The Balaban J connectivity index is 3.48. The van der Waals surface area contributed by atoms with E-state index < -0.39 is 6.10 Å². The summed E-state index contributed by atoms with van der Waals surface area (Å²) in [4.78, 5) is 1.93. The van der Waals surface area contributed by atoms with Crippen LogP contribution in [0.25, 0.3) is 0 Å². The molecule has 0 bridgehead atoms. The van der Waals surface area contributed by atoms with Crippen molar-refractivity contribution >= 4 is 0 Å². The third-order valence-electron chi connectivity index (χ3n) is 0.887. The molecule has 3 heteroatoms. The van der Waals surface area contributed by atoms with Crippen molar-refractivity contribution in [1.82, 2.24) is 4.90 Å². The van der Waals surface area contributed by atoms with Gasteiger partial charge in [0.2, 0.25) is 0 Å². The quantitative estimate of drug-likeness (QED) is 0.480. The van der Waals surface area contributed by atoms with Crippen LogP contribution in [-0.2, 0) is 0 Å². The standard InChI is InChI=1S/C7H14N2O/c1-9(2)5-3-4-7(10)6-8/h7,10H,5-6,8H2,1-2H3. The molecular weight excluding hydrogens is 128 g/mol. The van der Waals surface area contributed by atoms with E-state index in [-0.39, 0.29) is 6.54 Å². The van der Waals surface area contributed by atoms with Gasteiger partial charge in [-0.15, -0.1) is 0 Å². The molecule has 0 aromatic heterocycles. The largest absolute Gasteiger partial charge is 0.379 e. The van der Waals surface area contributed by atoms with Gasteiger partial charge in [-0.1, -0.05) is 11.8 Å². The normalized spacial score (nSPS) is 12.5. The van der Waals surface area contributed by atoms with Crippen LogP contribution < -0.4 is 5.73 Å². The van der Waals surface area contributed by atoms with E-state index in [1.54, 1.807) is 0 Å². The molecule has 0 aliphatic rings. The molecule has 0 radical (unpaired) electrons. The van der Waals surface area contributed by atoms with E-state index in [9.17, 15) is 0 Å². The Morgan fingerprint density at radius 3 is 2.60 bits per heavy atom. The number of nitrogens with two attached hydrogens (primary N) is 1. The first kappa shape index (κ1) is 9.44. The summed E-state index contributed by atoms with van der Waals surface area (Å²) >= 11 is 0. The summed E-state index contributed by atoms with van der Waals surface area (Å²) in [6, 6.07) is 0. The number of hydrogen-bond acceptors (Lipinski definition) is 3. The Morgan fingerprint density at radius 1 is 1.60 bits per heavy atom. The Hall–Kier alpha value is -0.560. The molecule has 0 fully saturated rings. The highest BCUT2D eigenvalue weighted by Crippen LogP contribution is 1.74. The fourth-order valence-electron chi connectivity index (χ4n) is 0.380. The van der Waals surface area contributed by atoms with Crippen LogP contribution in [0.1, 0.15) is 0 Å². The van der Waals surface area contributed by atoms with Crippen molar-refractivity contribution in [3.8, 4) is 11.8 Å². The molecular formula is C7H14N2O. The van der Waals surface area contributed by atoms with Crippen LogP contribution >= 0.6 is 0 Å². The SMILES string of the molecule is CN(C)CC#CC(O)CN. The van der Waals surface area contributed by atoms with E-state index in [2.05, 4.69) is 11.8 Å². The van der Waals surface area contributed by atoms with Crippen molar-refractivity contribution < 1.29 is 5.11 Å². The van der Waals surface area contributed by atoms with Gasteiger partial charge >= 0.3 is 0 Å². The molecule has 1 unspecified atom stereocenters. The summed E-state index contributed by atoms with van der Waals surface area (Å²) < 4.78 is 0. The van der Waals surface area contributed by atoms with Crippen molar-refractivity contribution in [2.24, 2.45) is 5.73 Å². The van der Waals surface area contributed by atoms with Gasteiger partial charge in [-0.05, 0) is 14.1 Å². The minimum Gasteiger partial charge on any atom is -0.379 e. The smallest absolute Gasteiger partial charge is 0.126 e. The van der Waals surface area contributed by atoms with Gasteiger partial charge < -0.3 is 10.8 Å². The third kappa shape index (κ3) is 5.57. The molecule has 0 aliphatic carbocycles. The van der Waals surface area contributed by atoms with E-state index in [1.165, 1.54) is 0 Å². The van der Waals surface area contributed by atoms with Gasteiger partial charge in [0.1, 0.15) is 6.10 Å². The number of aliphatic hydroxyl groups is 1. The first-order valence-electron chi connectivity index (χ1n) is 3.18. The number of rotatable bonds is 2. The lowest BCUT2D eigenvalue weighted by molar-refractivity contribution is 0.240. The number of aliphatic hydroxyl groups excluding tert-OH is 1. The van der Waals surface area contributed by atoms with Crippen molar-refractivity contribution in [3.63, 3.8) is 0 Å². The highest BCUT2D eigenvalue weighted by atomic mass is 16.3. The van der Waals surface area contributed by atoms with E-state index >= 15 is 0 Å². The first-order chi connectivity index (χ1) is 4.66. The van der Waals surface area contributed by atoms with Crippen LogP contribution in [-0.4, -0.2) is 43.3 Å². The highest BCUT2D eigenvalue weighted by molar-refractivity contribution is 5.06. The van der Waals surface area contributed by atoms with Crippen molar-refractivity contribution in [2.45, 2.75) is 6.10 Å². The molecule has 0 aromatic carbocycles. The average Bonchev–Trinajstić information content (AvgIpc) is 1.87. The van der Waals surface area contributed by atoms with Crippen LogP contribution in [0.2, 0.25) is 0 Å². The second-order valence-corrected chi connectivity index (χ2v) is 2.31. The van der Waals surface area contributed by atoms with Crippen molar-refractivity contribution in [3.05, 3.63) is 0 Å². The van der Waals surface area contributed by atoms with Crippen LogP contribution in [0, 0.1) is 11.8 Å². The lowest BCUT2D eigenvalue weighted by Crippen LogP contribution is -2.18. The van der Waals surface area contributed by atoms with Crippen LogP contribution in [0.15, 0.2) is 0 Å². The van der Waals surface area contributed by atoms with E-state index in [0.717, 1.165) is 0 Å². The molecule has 1 atom stereocenters. The Morgan fingerprint density at radius 2 is 2.20 bits per heavy atom. The molecule has 0 aromatic rings. The van der Waals surface area contributed by atoms with Gasteiger partial charge in [0, 0.05) is 6.54 Å². The summed E-state index contributed by atoms with van der Waals surface area (Å²) in [5, 5.41) is 8.85. The lowest BCUT2D eigenvalue weighted by Gasteiger charge is -2.01. The van der Waals surface area contributed by atoms with Gasteiger partial charge in [0.25, 0.3) is 0 Å². The van der Waals surface area contributed by atoms with E-state index in [0.29, 0.717) is 6.54 Å². The second kappa shape index (κ2) is 5.24. The molecule has 0 spiro atoms. The zero-order chi connectivity index (χ0) is 7.98. The fourth-order valence-corrected chi connectivity index (χ4v) is 0.380. The maximum Gasteiger partial charge on any atom is 0.126 e. The second-order valence-electron chi connectivity index (χ2n) is 2.31. The predicted molar refractivity (Wildman–Crippen MR) is 41.4 cm³/mol. The van der Waals surface area contributed by atoms with E-state index in [4.69, 9.17) is 10.8 Å². The van der Waals surface area contributed by atoms with Gasteiger partial charge in [0.05, 0.1) is 6.54 Å². The Kier molecular flexibility index (Phi) is 4.95. The minimum absolute atomic E-state index is 0.209. The lowest BCUT2D eigenvalue weighted by atomic mass is 10.3. The molecule has 0 amide bonds. The summed E-state index contributed by atoms with van der Waals surface area (Å²) in [5.41, 5.74) is 5.12. The zero-order valence-corrected chi connectivity index (χ0v) is 6.46. The maximum absolute atomic E-state index is 8.85.